The molecule has 1 aliphatic carbocycles. The minimum Gasteiger partial charge on any atom is -0.497 e. The van der Waals surface area contributed by atoms with Gasteiger partial charge in [0.1, 0.15) is 5.75 Å². The van der Waals surface area contributed by atoms with E-state index in [1.807, 2.05) is 18.2 Å². The zero-order chi connectivity index (χ0) is 20.4. The van der Waals surface area contributed by atoms with Crippen molar-refractivity contribution in [3.63, 3.8) is 0 Å². The summed E-state index contributed by atoms with van der Waals surface area (Å²) in [4.78, 5) is 15.3. The zero-order valence-electron chi connectivity index (χ0n) is 17.8. The molecule has 0 radical (unpaired) electrons. The van der Waals surface area contributed by atoms with Crippen LogP contribution in [0.2, 0.25) is 0 Å². The molecule has 1 heterocycles. The second kappa shape index (κ2) is 8.19. The molecule has 2 aromatic carbocycles. The van der Waals surface area contributed by atoms with E-state index in [1.54, 1.807) is 7.11 Å². The Morgan fingerprint density at radius 2 is 1.90 bits per heavy atom. The summed E-state index contributed by atoms with van der Waals surface area (Å²) in [6, 6.07) is 16.8. The number of ether oxygens (including phenoxy) is 1. The maximum absolute atomic E-state index is 13.3. The average Bonchev–Trinajstić information content (AvgIpc) is 3.47. The van der Waals surface area contributed by atoms with Gasteiger partial charge >= 0.3 is 0 Å². The van der Waals surface area contributed by atoms with Crippen LogP contribution in [0.15, 0.2) is 48.5 Å². The predicted molar refractivity (Wildman–Crippen MR) is 117 cm³/mol. The van der Waals surface area contributed by atoms with Gasteiger partial charge in [-0.3, -0.25) is 4.79 Å². The van der Waals surface area contributed by atoms with Gasteiger partial charge in [0.2, 0.25) is 5.91 Å². The van der Waals surface area contributed by atoms with Gasteiger partial charge in [0.15, 0.2) is 0 Å². The number of methoxy groups -OCH3 is 1. The van der Waals surface area contributed by atoms with Crippen LogP contribution < -0.4 is 10.1 Å². The highest BCUT2D eigenvalue weighted by atomic mass is 16.5. The molecule has 1 saturated carbocycles. The second-order valence-corrected chi connectivity index (χ2v) is 8.52. The standard InChI is InChI=1S/C25H32N2O2/c1-4-27(24(28)23-17-25(23)12-14-26-15-13-25)18(2)19-8-10-20(11-9-19)21-6-5-7-22(16-21)29-3/h5-11,16,18,23,26H,4,12-15,17H2,1-3H3. The number of piperidine rings is 1. The third-order valence-electron chi connectivity index (χ3n) is 6.97. The molecule has 154 valence electrons. The first-order chi connectivity index (χ1) is 14.1. The number of benzene rings is 2. The Labute approximate surface area is 174 Å². The second-order valence-electron chi connectivity index (χ2n) is 8.52. The number of nitrogens with zero attached hydrogens (tertiary/aromatic N) is 1. The van der Waals surface area contributed by atoms with Crippen molar-refractivity contribution in [2.75, 3.05) is 26.7 Å². The first-order valence-electron chi connectivity index (χ1n) is 10.8. The van der Waals surface area contributed by atoms with Crippen molar-refractivity contribution in [1.29, 1.82) is 0 Å². The molecule has 2 atom stereocenters. The van der Waals surface area contributed by atoms with E-state index in [0.717, 1.165) is 55.8 Å². The molecule has 1 saturated heterocycles. The van der Waals surface area contributed by atoms with E-state index in [0.29, 0.717) is 5.91 Å². The van der Waals surface area contributed by atoms with Gasteiger partial charge in [-0.1, -0.05) is 36.4 Å². The molecule has 1 N–H and O–H groups in total. The maximum Gasteiger partial charge on any atom is 0.226 e. The highest BCUT2D eigenvalue weighted by Crippen LogP contribution is 2.59. The van der Waals surface area contributed by atoms with Crippen LogP contribution in [0.5, 0.6) is 5.75 Å². The van der Waals surface area contributed by atoms with Crippen LogP contribution in [0.1, 0.15) is 44.7 Å². The Kier molecular flexibility index (Phi) is 5.64. The highest BCUT2D eigenvalue weighted by molar-refractivity contribution is 5.83. The molecule has 4 nitrogen and oxygen atoms in total. The monoisotopic (exact) mass is 392 g/mol. The van der Waals surface area contributed by atoms with Gasteiger partial charge < -0.3 is 15.0 Å². The van der Waals surface area contributed by atoms with Crippen LogP contribution in [-0.4, -0.2) is 37.6 Å². The lowest BCUT2D eigenvalue weighted by Gasteiger charge is -2.31. The minimum atomic E-state index is 0.0891. The van der Waals surface area contributed by atoms with E-state index in [2.05, 4.69) is 54.4 Å². The average molecular weight is 393 g/mol. The maximum atomic E-state index is 13.3. The number of amides is 1. The van der Waals surface area contributed by atoms with E-state index in [-0.39, 0.29) is 17.4 Å². The summed E-state index contributed by atoms with van der Waals surface area (Å²) in [6.07, 6.45) is 3.36. The van der Waals surface area contributed by atoms with Crippen molar-refractivity contribution in [1.82, 2.24) is 10.2 Å². The van der Waals surface area contributed by atoms with Crippen LogP contribution >= 0.6 is 0 Å². The number of hydrogen-bond donors (Lipinski definition) is 1. The lowest BCUT2D eigenvalue weighted by atomic mass is 9.91. The normalized spacial score (nSPS) is 20.9. The minimum absolute atomic E-state index is 0.0891. The summed E-state index contributed by atoms with van der Waals surface area (Å²) >= 11 is 0. The van der Waals surface area contributed by atoms with Crippen LogP contribution in [0.4, 0.5) is 0 Å². The Bertz CT molecular complexity index is 855. The molecule has 1 spiro atoms. The Morgan fingerprint density at radius 1 is 1.17 bits per heavy atom. The van der Waals surface area contributed by atoms with Gasteiger partial charge in [-0.25, -0.2) is 0 Å². The van der Waals surface area contributed by atoms with Gasteiger partial charge in [-0.15, -0.1) is 0 Å². The first-order valence-corrected chi connectivity index (χ1v) is 10.8. The van der Waals surface area contributed by atoms with Crippen molar-refractivity contribution in [3.8, 4) is 16.9 Å². The van der Waals surface area contributed by atoms with Crippen LogP contribution in [0.25, 0.3) is 11.1 Å². The zero-order valence-corrected chi connectivity index (χ0v) is 17.8. The van der Waals surface area contributed by atoms with Gasteiger partial charge in [0, 0.05) is 12.5 Å². The molecule has 2 aromatic rings. The molecular formula is C25H32N2O2. The summed E-state index contributed by atoms with van der Waals surface area (Å²) in [5.74, 6) is 1.43. The van der Waals surface area contributed by atoms with Gasteiger partial charge in [0.05, 0.1) is 13.2 Å². The summed E-state index contributed by atoms with van der Waals surface area (Å²) in [5.41, 5.74) is 3.76. The lowest BCUT2D eigenvalue weighted by molar-refractivity contribution is -0.135. The molecule has 1 aliphatic heterocycles. The third kappa shape index (κ3) is 3.91. The fourth-order valence-electron chi connectivity index (χ4n) is 4.93. The van der Waals surface area contributed by atoms with Gasteiger partial charge in [0.25, 0.3) is 0 Å². The fraction of sp³-hybridized carbons (Fsp3) is 0.480. The molecule has 0 aromatic heterocycles. The molecule has 4 heteroatoms. The molecule has 1 amide bonds. The molecule has 0 bridgehead atoms. The molecule has 29 heavy (non-hydrogen) atoms. The van der Waals surface area contributed by atoms with Crippen molar-refractivity contribution in [3.05, 3.63) is 54.1 Å². The first kappa shape index (κ1) is 20.0. The smallest absolute Gasteiger partial charge is 0.226 e. The predicted octanol–water partition coefficient (Wildman–Crippen LogP) is 4.66. The molecule has 2 fully saturated rings. The van der Waals surface area contributed by atoms with E-state index < -0.39 is 0 Å². The van der Waals surface area contributed by atoms with Crippen molar-refractivity contribution >= 4 is 5.91 Å². The van der Waals surface area contributed by atoms with E-state index >= 15 is 0 Å². The Morgan fingerprint density at radius 3 is 2.55 bits per heavy atom. The highest BCUT2D eigenvalue weighted by Gasteiger charge is 2.58. The Balaban J connectivity index is 1.47. The van der Waals surface area contributed by atoms with Crippen LogP contribution in [0.3, 0.4) is 0 Å². The SMILES string of the molecule is CCN(C(=O)C1CC12CCNCC2)C(C)c1ccc(-c2cccc(OC)c2)cc1. The number of carbonyl (C=O) groups excluding carboxylic acids is 1. The number of nitrogens with one attached hydrogen (secondary N) is 1. The lowest BCUT2D eigenvalue weighted by Crippen LogP contribution is -2.38. The molecule has 4 rings (SSSR count). The van der Waals surface area contributed by atoms with Crippen LogP contribution in [-0.2, 0) is 4.79 Å². The summed E-state index contributed by atoms with van der Waals surface area (Å²) < 4.78 is 5.34. The quantitative estimate of drug-likeness (QED) is 0.777. The van der Waals surface area contributed by atoms with Gasteiger partial charge in [-0.2, -0.15) is 0 Å². The number of hydrogen-bond acceptors (Lipinski definition) is 3. The van der Waals surface area contributed by atoms with Crippen molar-refractivity contribution < 1.29 is 9.53 Å². The topological polar surface area (TPSA) is 41.6 Å². The number of rotatable bonds is 6. The van der Waals surface area contributed by atoms with Crippen molar-refractivity contribution in [2.24, 2.45) is 11.3 Å². The summed E-state index contributed by atoms with van der Waals surface area (Å²) in [7, 11) is 1.69. The largest absolute Gasteiger partial charge is 0.497 e. The molecular weight excluding hydrogens is 360 g/mol. The van der Waals surface area contributed by atoms with Gasteiger partial charge in [-0.05, 0) is 80.4 Å². The molecule has 2 unspecified atom stereocenters. The molecule has 2 aliphatic rings. The van der Waals surface area contributed by atoms with Crippen LogP contribution in [0, 0.1) is 11.3 Å². The fourth-order valence-corrected chi connectivity index (χ4v) is 4.93. The third-order valence-corrected chi connectivity index (χ3v) is 6.97. The van der Waals surface area contributed by atoms with E-state index in [4.69, 9.17) is 4.74 Å². The Hall–Kier alpha value is -2.33. The summed E-state index contributed by atoms with van der Waals surface area (Å²) in [6.45, 7) is 7.10. The number of carbonyl (C=O) groups is 1. The summed E-state index contributed by atoms with van der Waals surface area (Å²) in [5, 5.41) is 3.42. The van der Waals surface area contributed by atoms with E-state index in [1.165, 1.54) is 5.56 Å². The van der Waals surface area contributed by atoms with Crippen molar-refractivity contribution in [2.45, 2.75) is 39.2 Å². The van der Waals surface area contributed by atoms with E-state index in [9.17, 15) is 4.79 Å².